The van der Waals surface area contributed by atoms with Crippen molar-refractivity contribution in [3.05, 3.63) is 35.6 Å². The van der Waals surface area contributed by atoms with Gasteiger partial charge >= 0.3 is 11.9 Å². The van der Waals surface area contributed by atoms with E-state index in [0.29, 0.717) is 6.42 Å². The Bertz CT molecular complexity index is 619. The van der Waals surface area contributed by atoms with E-state index in [1.165, 1.54) is 12.1 Å². The molecule has 1 aromatic rings. The fourth-order valence-electron chi connectivity index (χ4n) is 2.79. The number of nitrogens with two attached hydrogens (primary N) is 1. The molecule has 0 aliphatic carbocycles. The molecule has 6 nitrogen and oxygen atoms in total. The highest BCUT2D eigenvalue weighted by molar-refractivity contribution is 5.76. The van der Waals surface area contributed by atoms with E-state index in [1.54, 1.807) is 32.9 Å². The number of ether oxygens (including phenoxy) is 3. The van der Waals surface area contributed by atoms with Gasteiger partial charge in [-0.1, -0.05) is 26.0 Å². The minimum atomic E-state index is -0.886. The fourth-order valence-corrected chi connectivity index (χ4v) is 2.79. The van der Waals surface area contributed by atoms with Crippen LogP contribution in [0.1, 0.15) is 26.3 Å². The van der Waals surface area contributed by atoms with Crippen LogP contribution in [0.5, 0.6) is 0 Å². The number of benzene rings is 1. The average molecular weight is 367 g/mol. The summed E-state index contributed by atoms with van der Waals surface area (Å²) < 4.78 is 29.8. The van der Waals surface area contributed by atoms with Crippen LogP contribution in [0.2, 0.25) is 0 Å². The number of carbonyl (C=O) groups is 2. The molecule has 1 aliphatic rings. The van der Waals surface area contributed by atoms with E-state index in [9.17, 15) is 14.0 Å². The molecule has 1 aliphatic heterocycles. The highest BCUT2D eigenvalue weighted by Crippen LogP contribution is 2.23. The Morgan fingerprint density at radius 3 is 2.58 bits per heavy atom. The van der Waals surface area contributed by atoms with Gasteiger partial charge in [0.05, 0.1) is 19.1 Å². The molecule has 1 unspecified atom stereocenters. The zero-order valence-corrected chi connectivity index (χ0v) is 15.3. The highest BCUT2D eigenvalue weighted by Gasteiger charge is 2.36. The molecule has 0 radical (unpaired) electrons. The van der Waals surface area contributed by atoms with E-state index in [-0.39, 0.29) is 36.8 Å². The minimum absolute atomic E-state index is 0.0241. The fraction of sp³-hybridized carbons (Fsp3) is 0.579. The summed E-state index contributed by atoms with van der Waals surface area (Å²) in [6.07, 6.45) is -0.888. The van der Waals surface area contributed by atoms with Crippen molar-refractivity contribution < 1.29 is 28.2 Å². The lowest BCUT2D eigenvalue weighted by Gasteiger charge is -2.31. The summed E-state index contributed by atoms with van der Waals surface area (Å²) in [4.78, 5) is 24.1. The first kappa shape index (κ1) is 20.3. The summed E-state index contributed by atoms with van der Waals surface area (Å²) >= 11 is 0. The number of hydrogen-bond acceptors (Lipinski definition) is 6. The number of halogens is 1. The number of esters is 2. The van der Waals surface area contributed by atoms with E-state index in [4.69, 9.17) is 19.9 Å². The Kier molecular flexibility index (Phi) is 7.11. The molecule has 4 atom stereocenters. The number of carbonyl (C=O) groups excluding carboxylic acids is 2. The maximum absolute atomic E-state index is 13.2. The maximum Gasteiger partial charge on any atom is 0.325 e. The average Bonchev–Trinajstić information content (AvgIpc) is 2.63. The first-order valence-electron chi connectivity index (χ1n) is 8.76. The molecule has 0 saturated carbocycles. The highest BCUT2D eigenvalue weighted by atomic mass is 19.1. The van der Waals surface area contributed by atoms with E-state index < -0.39 is 24.2 Å². The van der Waals surface area contributed by atoms with Gasteiger partial charge in [0.2, 0.25) is 0 Å². The molecule has 144 valence electrons. The number of cyclic esters (lactones) is 1. The van der Waals surface area contributed by atoms with E-state index >= 15 is 0 Å². The molecule has 1 heterocycles. The van der Waals surface area contributed by atoms with Crippen LogP contribution >= 0.6 is 0 Å². The van der Waals surface area contributed by atoms with Crippen LogP contribution in [0.3, 0.4) is 0 Å². The Hall–Kier alpha value is -1.99. The van der Waals surface area contributed by atoms with Gasteiger partial charge < -0.3 is 19.9 Å². The summed E-state index contributed by atoms with van der Waals surface area (Å²) in [5.74, 6) is -1.89. The zero-order chi connectivity index (χ0) is 19.3. The molecule has 1 saturated heterocycles. The zero-order valence-electron chi connectivity index (χ0n) is 15.3. The molecule has 0 bridgehead atoms. The topological polar surface area (TPSA) is 87.9 Å². The third kappa shape index (κ3) is 5.51. The van der Waals surface area contributed by atoms with Gasteiger partial charge in [-0.15, -0.1) is 0 Å². The smallest absolute Gasteiger partial charge is 0.325 e. The SMILES string of the molecule is CC(C)C(=O)OC1[C@@H](Cc2ccc(F)cc2)COC[C@H](N)C(=O)O[C@H]1C. The molecule has 7 heteroatoms. The van der Waals surface area contributed by atoms with Crippen LogP contribution < -0.4 is 5.73 Å². The van der Waals surface area contributed by atoms with Crippen molar-refractivity contribution in [3.63, 3.8) is 0 Å². The third-order valence-electron chi connectivity index (χ3n) is 4.30. The van der Waals surface area contributed by atoms with Gasteiger partial charge in [-0.3, -0.25) is 9.59 Å². The molecular weight excluding hydrogens is 341 g/mol. The Morgan fingerprint density at radius 1 is 1.31 bits per heavy atom. The molecule has 2 rings (SSSR count). The van der Waals surface area contributed by atoms with Gasteiger partial charge in [0, 0.05) is 5.92 Å². The van der Waals surface area contributed by atoms with Crippen LogP contribution in [0, 0.1) is 17.7 Å². The second-order valence-electron chi connectivity index (χ2n) is 6.93. The monoisotopic (exact) mass is 367 g/mol. The number of rotatable bonds is 4. The molecule has 0 aromatic heterocycles. The minimum Gasteiger partial charge on any atom is -0.458 e. The van der Waals surface area contributed by atoms with Crippen molar-refractivity contribution in [1.82, 2.24) is 0 Å². The van der Waals surface area contributed by atoms with E-state index in [0.717, 1.165) is 5.56 Å². The van der Waals surface area contributed by atoms with Crippen molar-refractivity contribution in [2.75, 3.05) is 13.2 Å². The second-order valence-corrected chi connectivity index (χ2v) is 6.93. The normalized spacial score (nSPS) is 27.2. The van der Waals surface area contributed by atoms with Gasteiger partial charge in [-0.2, -0.15) is 0 Å². The van der Waals surface area contributed by atoms with Crippen LogP contribution in [0.25, 0.3) is 0 Å². The van der Waals surface area contributed by atoms with E-state index in [1.807, 2.05) is 0 Å². The third-order valence-corrected chi connectivity index (χ3v) is 4.30. The maximum atomic E-state index is 13.2. The Morgan fingerprint density at radius 2 is 1.96 bits per heavy atom. The van der Waals surface area contributed by atoms with Crippen molar-refractivity contribution in [1.29, 1.82) is 0 Å². The standard InChI is InChI=1S/C19H26FNO5/c1-11(2)18(22)26-17-12(3)25-19(23)16(21)10-24-9-14(17)8-13-4-6-15(20)7-5-13/h4-7,11-12,14,16-17H,8-10,21H2,1-3H3/t12-,14-,16-,17?/m0/s1. The second kappa shape index (κ2) is 9.09. The summed E-state index contributed by atoms with van der Waals surface area (Å²) in [5.41, 5.74) is 6.61. The van der Waals surface area contributed by atoms with Crippen molar-refractivity contribution in [3.8, 4) is 0 Å². The Balaban J connectivity index is 2.25. The molecule has 26 heavy (non-hydrogen) atoms. The van der Waals surface area contributed by atoms with E-state index in [2.05, 4.69) is 0 Å². The molecular formula is C19H26FNO5. The molecule has 2 N–H and O–H groups in total. The van der Waals surface area contributed by atoms with Crippen molar-refractivity contribution in [2.24, 2.45) is 17.6 Å². The quantitative estimate of drug-likeness (QED) is 0.817. The first-order chi connectivity index (χ1) is 12.3. The van der Waals surface area contributed by atoms with Crippen molar-refractivity contribution >= 4 is 11.9 Å². The largest absolute Gasteiger partial charge is 0.458 e. The summed E-state index contributed by atoms with van der Waals surface area (Å²) in [7, 11) is 0. The summed E-state index contributed by atoms with van der Waals surface area (Å²) in [5, 5.41) is 0. The predicted octanol–water partition coefficient (Wildman–Crippen LogP) is 1.84. The molecule has 1 aromatic carbocycles. The lowest BCUT2D eigenvalue weighted by molar-refractivity contribution is -0.173. The van der Waals surface area contributed by atoms with Gasteiger partial charge in [-0.05, 0) is 31.0 Å². The lowest BCUT2D eigenvalue weighted by Crippen LogP contribution is -2.43. The Labute approximate surface area is 152 Å². The molecule has 1 fully saturated rings. The predicted molar refractivity (Wildman–Crippen MR) is 92.7 cm³/mol. The first-order valence-corrected chi connectivity index (χ1v) is 8.76. The summed E-state index contributed by atoms with van der Waals surface area (Å²) in [6, 6.07) is 5.21. The van der Waals surface area contributed by atoms with Crippen LogP contribution in [-0.4, -0.2) is 43.4 Å². The van der Waals surface area contributed by atoms with Gasteiger partial charge in [0.1, 0.15) is 24.1 Å². The number of hydrogen-bond donors (Lipinski definition) is 1. The summed E-state index contributed by atoms with van der Waals surface area (Å²) in [6.45, 7) is 5.40. The van der Waals surface area contributed by atoms with Gasteiger partial charge in [0.15, 0.2) is 0 Å². The van der Waals surface area contributed by atoms with Crippen molar-refractivity contribution in [2.45, 2.75) is 45.4 Å². The molecule has 0 spiro atoms. The van der Waals surface area contributed by atoms with Gasteiger partial charge in [-0.25, -0.2) is 4.39 Å². The molecule has 0 amide bonds. The van der Waals surface area contributed by atoms with Gasteiger partial charge in [0.25, 0.3) is 0 Å². The van der Waals surface area contributed by atoms with Crippen LogP contribution in [-0.2, 0) is 30.2 Å². The lowest BCUT2D eigenvalue weighted by atomic mass is 9.91. The van der Waals surface area contributed by atoms with Crippen LogP contribution in [0.15, 0.2) is 24.3 Å². The van der Waals surface area contributed by atoms with Crippen LogP contribution in [0.4, 0.5) is 4.39 Å².